The largest absolute Gasteiger partial charge is 0.340 e. The van der Waals surface area contributed by atoms with Crippen LogP contribution in [0.25, 0.3) is 0 Å². The monoisotopic (exact) mass is 304 g/mol. The molecule has 0 aliphatic carbocycles. The third-order valence-corrected chi connectivity index (χ3v) is 3.15. The Morgan fingerprint density at radius 3 is 2.47 bits per heavy atom. The van der Waals surface area contributed by atoms with Crippen molar-refractivity contribution in [2.45, 2.75) is 32.9 Å². The van der Waals surface area contributed by atoms with Gasteiger partial charge in [0, 0.05) is 18.6 Å². The first-order valence-electron chi connectivity index (χ1n) is 6.15. The molecule has 0 fully saturated rings. The topological polar surface area (TPSA) is 46.3 Å². The Bertz CT molecular complexity index is 410. The van der Waals surface area contributed by atoms with E-state index >= 15 is 0 Å². The molecule has 0 radical (unpaired) electrons. The van der Waals surface area contributed by atoms with Gasteiger partial charge >= 0.3 is 0 Å². The summed E-state index contributed by atoms with van der Waals surface area (Å²) in [4.78, 5) is 13.7. The van der Waals surface area contributed by atoms with Crippen LogP contribution < -0.4 is 5.73 Å². The van der Waals surface area contributed by atoms with E-state index in [1.807, 2.05) is 24.3 Å². The molecule has 1 aromatic rings. The minimum atomic E-state index is -0.433. The zero-order valence-electron chi connectivity index (χ0n) is 11.6. The van der Waals surface area contributed by atoms with Crippen LogP contribution in [0.2, 0.25) is 5.02 Å². The maximum atomic E-state index is 12.1. The first-order chi connectivity index (χ1) is 8.41. The minimum Gasteiger partial charge on any atom is -0.340 e. The molecule has 1 aromatic carbocycles. The highest BCUT2D eigenvalue weighted by atomic mass is 35.5. The van der Waals surface area contributed by atoms with Gasteiger partial charge in [-0.05, 0) is 24.0 Å². The van der Waals surface area contributed by atoms with Gasteiger partial charge in [0.25, 0.3) is 0 Å². The molecule has 1 atom stereocenters. The van der Waals surface area contributed by atoms with Crippen LogP contribution in [-0.2, 0) is 11.3 Å². The molecule has 0 saturated heterocycles. The molecule has 0 aromatic heterocycles. The Labute approximate surface area is 126 Å². The molecule has 0 spiro atoms. The molecule has 19 heavy (non-hydrogen) atoms. The highest BCUT2D eigenvalue weighted by Crippen LogP contribution is 2.17. The summed E-state index contributed by atoms with van der Waals surface area (Å²) in [5.74, 6) is 0.376. The summed E-state index contributed by atoms with van der Waals surface area (Å²) in [5, 5.41) is 0.676. The number of nitrogens with zero attached hydrogens (tertiary/aromatic N) is 1. The molecule has 1 amide bonds. The average Bonchev–Trinajstić information content (AvgIpc) is 2.30. The molecule has 0 aliphatic rings. The highest BCUT2D eigenvalue weighted by molar-refractivity contribution is 6.31. The lowest BCUT2D eigenvalue weighted by Crippen LogP contribution is -2.42. The number of benzene rings is 1. The SMILES string of the molecule is CC(C)C[C@H](N)C(=O)N(C)Cc1ccccc1Cl.Cl. The molecule has 108 valence electrons. The van der Waals surface area contributed by atoms with Crippen molar-refractivity contribution in [3.8, 4) is 0 Å². The second-order valence-electron chi connectivity index (χ2n) is 5.02. The highest BCUT2D eigenvalue weighted by Gasteiger charge is 2.19. The van der Waals surface area contributed by atoms with Gasteiger partial charge in [-0.15, -0.1) is 12.4 Å². The number of nitrogens with two attached hydrogens (primary N) is 1. The lowest BCUT2D eigenvalue weighted by Gasteiger charge is -2.22. The lowest BCUT2D eigenvalue weighted by molar-refractivity contribution is -0.132. The summed E-state index contributed by atoms with van der Waals surface area (Å²) in [6.45, 7) is 4.60. The number of hydrogen-bond acceptors (Lipinski definition) is 2. The van der Waals surface area contributed by atoms with Crippen LogP contribution >= 0.6 is 24.0 Å². The summed E-state index contributed by atoms with van der Waals surface area (Å²) in [6, 6.07) is 7.09. The standard InChI is InChI=1S/C14H21ClN2O.ClH/c1-10(2)8-13(16)14(18)17(3)9-11-6-4-5-7-12(11)15;/h4-7,10,13H,8-9,16H2,1-3H3;1H/t13-;/m0./s1. The summed E-state index contributed by atoms with van der Waals surface area (Å²) >= 11 is 6.07. The first kappa shape index (κ1) is 18.2. The fourth-order valence-electron chi connectivity index (χ4n) is 1.85. The van der Waals surface area contributed by atoms with Crippen LogP contribution in [0.1, 0.15) is 25.8 Å². The normalized spacial score (nSPS) is 11.9. The molecule has 0 saturated carbocycles. The molecular weight excluding hydrogens is 283 g/mol. The fraction of sp³-hybridized carbons (Fsp3) is 0.500. The van der Waals surface area contributed by atoms with Crippen LogP contribution in [0.5, 0.6) is 0 Å². The zero-order valence-corrected chi connectivity index (χ0v) is 13.2. The van der Waals surface area contributed by atoms with Crippen molar-refractivity contribution in [2.75, 3.05) is 7.05 Å². The summed E-state index contributed by atoms with van der Waals surface area (Å²) in [5.41, 5.74) is 6.82. The second-order valence-corrected chi connectivity index (χ2v) is 5.43. The minimum absolute atomic E-state index is 0. The number of rotatable bonds is 5. The van der Waals surface area contributed by atoms with E-state index in [1.54, 1.807) is 11.9 Å². The van der Waals surface area contributed by atoms with Gasteiger partial charge in [-0.1, -0.05) is 43.6 Å². The van der Waals surface area contributed by atoms with Crippen LogP contribution in [0.3, 0.4) is 0 Å². The van der Waals surface area contributed by atoms with Crippen LogP contribution in [0, 0.1) is 5.92 Å². The lowest BCUT2D eigenvalue weighted by atomic mass is 10.0. The number of likely N-dealkylation sites (N-methyl/N-ethyl adjacent to an activating group) is 1. The third-order valence-electron chi connectivity index (χ3n) is 2.78. The molecular formula is C14H22Cl2N2O. The Kier molecular flexibility index (Phi) is 8.07. The number of carbonyl (C=O) groups is 1. The van der Waals surface area contributed by atoms with Crippen molar-refractivity contribution in [3.05, 3.63) is 34.9 Å². The van der Waals surface area contributed by atoms with Gasteiger partial charge in [-0.3, -0.25) is 4.79 Å². The predicted molar refractivity (Wildman–Crippen MR) is 82.6 cm³/mol. The van der Waals surface area contributed by atoms with Crippen LogP contribution in [0.15, 0.2) is 24.3 Å². The Hall–Kier alpha value is -0.770. The Balaban J connectivity index is 0.00000324. The van der Waals surface area contributed by atoms with Crippen molar-refractivity contribution >= 4 is 29.9 Å². The predicted octanol–water partition coefficient (Wildman–Crippen LogP) is 3.09. The van der Waals surface area contributed by atoms with E-state index in [2.05, 4.69) is 13.8 Å². The van der Waals surface area contributed by atoms with Gasteiger partial charge in [0.05, 0.1) is 6.04 Å². The zero-order chi connectivity index (χ0) is 13.7. The van der Waals surface area contributed by atoms with E-state index < -0.39 is 6.04 Å². The van der Waals surface area contributed by atoms with Gasteiger partial charge in [-0.25, -0.2) is 0 Å². The first-order valence-corrected chi connectivity index (χ1v) is 6.53. The van der Waals surface area contributed by atoms with Gasteiger partial charge < -0.3 is 10.6 Å². The van der Waals surface area contributed by atoms with Crippen LogP contribution in [0.4, 0.5) is 0 Å². The Morgan fingerprint density at radius 1 is 1.37 bits per heavy atom. The van der Waals surface area contributed by atoms with Crippen LogP contribution in [-0.4, -0.2) is 23.9 Å². The van der Waals surface area contributed by atoms with Crippen molar-refractivity contribution in [2.24, 2.45) is 11.7 Å². The van der Waals surface area contributed by atoms with Crippen molar-refractivity contribution in [1.29, 1.82) is 0 Å². The van der Waals surface area contributed by atoms with E-state index in [-0.39, 0.29) is 18.3 Å². The van der Waals surface area contributed by atoms with Gasteiger partial charge in [0.15, 0.2) is 0 Å². The third kappa shape index (κ3) is 5.81. The van der Waals surface area contributed by atoms with E-state index in [9.17, 15) is 4.79 Å². The smallest absolute Gasteiger partial charge is 0.239 e. The maximum Gasteiger partial charge on any atom is 0.239 e. The summed E-state index contributed by atoms with van der Waals surface area (Å²) in [6.07, 6.45) is 0.700. The van der Waals surface area contributed by atoms with Crippen molar-refractivity contribution < 1.29 is 4.79 Å². The molecule has 0 heterocycles. The quantitative estimate of drug-likeness (QED) is 0.908. The Morgan fingerprint density at radius 2 is 1.95 bits per heavy atom. The number of hydrogen-bond donors (Lipinski definition) is 1. The van der Waals surface area contributed by atoms with Gasteiger partial charge in [0.2, 0.25) is 5.91 Å². The molecule has 1 rings (SSSR count). The van der Waals surface area contributed by atoms with E-state index in [4.69, 9.17) is 17.3 Å². The number of carbonyl (C=O) groups excluding carboxylic acids is 1. The molecule has 5 heteroatoms. The molecule has 0 aliphatic heterocycles. The summed E-state index contributed by atoms with van der Waals surface area (Å²) in [7, 11) is 1.76. The summed E-state index contributed by atoms with van der Waals surface area (Å²) < 4.78 is 0. The van der Waals surface area contributed by atoms with Gasteiger partial charge in [-0.2, -0.15) is 0 Å². The molecule has 2 N–H and O–H groups in total. The average molecular weight is 305 g/mol. The van der Waals surface area contributed by atoms with E-state index in [0.717, 1.165) is 5.56 Å². The van der Waals surface area contributed by atoms with Crippen molar-refractivity contribution in [3.63, 3.8) is 0 Å². The molecule has 0 unspecified atom stereocenters. The van der Waals surface area contributed by atoms with Gasteiger partial charge in [0.1, 0.15) is 0 Å². The van der Waals surface area contributed by atoms with E-state index in [1.165, 1.54) is 0 Å². The number of amides is 1. The molecule has 3 nitrogen and oxygen atoms in total. The van der Waals surface area contributed by atoms with E-state index in [0.29, 0.717) is 23.9 Å². The van der Waals surface area contributed by atoms with Crippen molar-refractivity contribution in [1.82, 2.24) is 4.90 Å². The number of halogens is 2. The second kappa shape index (κ2) is 8.41. The fourth-order valence-corrected chi connectivity index (χ4v) is 2.05. The maximum absolute atomic E-state index is 12.1. The molecule has 0 bridgehead atoms.